The fraction of sp³-hybridized carbons (Fsp3) is 0.143. The standard InChI is InChI=1S/C14H11BrCl2N2O2/c1-8-2-3-9(6-12(8)19(20)21)7-18-11-5-4-10(15)13(16)14(11)17/h2-6,18H,7H2,1H3. The van der Waals surface area contributed by atoms with Crippen molar-refractivity contribution in [3.8, 4) is 0 Å². The number of anilines is 1. The third kappa shape index (κ3) is 3.67. The molecule has 0 atom stereocenters. The highest BCUT2D eigenvalue weighted by molar-refractivity contribution is 9.10. The molecule has 4 nitrogen and oxygen atoms in total. The Labute approximate surface area is 140 Å². The van der Waals surface area contributed by atoms with Crippen LogP contribution < -0.4 is 5.32 Å². The van der Waals surface area contributed by atoms with Crippen molar-refractivity contribution in [2.75, 3.05) is 5.32 Å². The van der Waals surface area contributed by atoms with Crippen LogP contribution in [0.3, 0.4) is 0 Å². The third-order valence-electron chi connectivity index (χ3n) is 2.99. The summed E-state index contributed by atoms with van der Waals surface area (Å²) in [6.45, 7) is 2.12. The van der Waals surface area contributed by atoms with E-state index < -0.39 is 0 Å². The van der Waals surface area contributed by atoms with Crippen LogP contribution in [0.4, 0.5) is 11.4 Å². The number of nitrogens with zero attached hydrogens (tertiary/aromatic N) is 1. The van der Waals surface area contributed by atoms with Gasteiger partial charge in [0.25, 0.3) is 5.69 Å². The average molecular weight is 390 g/mol. The highest BCUT2D eigenvalue weighted by Crippen LogP contribution is 2.36. The lowest BCUT2D eigenvalue weighted by Crippen LogP contribution is -2.02. The number of rotatable bonds is 4. The predicted molar refractivity (Wildman–Crippen MR) is 89.3 cm³/mol. The maximum atomic E-state index is 10.9. The highest BCUT2D eigenvalue weighted by Gasteiger charge is 2.12. The van der Waals surface area contributed by atoms with Crippen LogP contribution in [0.25, 0.3) is 0 Å². The van der Waals surface area contributed by atoms with Gasteiger partial charge in [0.2, 0.25) is 0 Å². The minimum absolute atomic E-state index is 0.106. The van der Waals surface area contributed by atoms with Gasteiger partial charge >= 0.3 is 0 Å². The summed E-state index contributed by atoms with van der Waals surface area (Å²) in [7, 11) is 0. The third-order valence-corrected chi connectivity index (χ3v) is 4.76. The van der Waals surface area contributed by atoms with Gasteiger partial charge in [-0.3, -0.25) is 10.1 Å². The lowest BCUT2D eigenvalue weighted by molar-refractivity contribution is -0.385. The Bertz CT molecular complexity index is 708. The van der Waals surface area contributed by atoms with E-state index in [0.29, 0.717) is 32.3 Å². The van der Waals surface area contributed by atoms with E-state index in [4.69, 9.17) is 23.2 Å². The Morgan fingerprint density at radius 1 is 1.24 bits per heavy atom. The number of hydrogen-bond acceptors (Lipinski definition) is 3. The maximum absolute atomic E-state index is 10.9. The van der Waals surface area contributed by atoms with Gasteiger partial charge in [-0.25, -0.2) is 0 Å². The van der Waals surface area contributed by atoms with Crippen molar-refractivity contribution in [2.45, 2.75) is 13.5 Å². The van der Waals surface area contributed by atoms with Crippen LogP contribution in [-0.2, 0) is 6.54 Å². The van der Waals surface area contributed by atoms with Crippen LogP contribution >= 0.6 is 39.1 Å². The molecule has 110 valence electrons. The molecule has 0 spiro atoms. The molecule has 0 saturated carbocycles. The number of nitrogens with one attached hydrogen (secondary N) is 1. The number of nitro benzene ring substituents is 1. The number of nitro groups is 1. The molecule has 1 N–H and O–H groups in total. The summed E-state index contributed by atoms with van der Waals surface area (Å²) in [4.78, 5) is 10.5. The van der Waals surface area contributed by atoms with Crippen molar-refractivity contribution < 1.29 is 4.92 Å². The van der Waals surface area contributed by atoms with Crippen molar-refractivity contribution in [3.05, 3.63) is 66.1 Å². The minimum Gasteiger partial charge on any atom is -0.380 e. The van der Waals surface area contributed by atoms with Crippen LogP contribution in [0.2, 0.25) is 10.0 Å². The molecule has 0 aliphatic heterocycles. The molecule has 2 rings (SSSR count). The van der Waals surface area contributed by atoms with Crippen LogP contribution in [0.15, 0.2) is 34.8 Å². The van der Waals surface area contributed by atoms with Crippen LogP contribution in [0.5, 0.6) is 0 Å². The highest BCUT2D eigenvalue weighted by atomic mass is 79.9. The fourth-order valence-electron chi connectivity index (χ4n) is 1.82. The summed E-state index contributed by atoms with van der Waals surface area (Å²) >= 11 is 15.5. The van der Waals surface area contributed by atoms with E-state index in [9.17, 15) is 10.1 Å². The van der Waals surface area contributed by atoms with Gasteiger partial charge < -0.3 is 5.32 Å². The number of aryl methyl sites for hydroxylation is 1. The number of halogens is 3. The summed E-state index contributed by atoms with van der Waals surface area (Å²) in [5, 5.41) is 14.9. The van der Waals surface area contributed by atoms with E-state index in [1.54, 1.807) is 31.2 Å². The Morgan fingerprint density at radius 2 is 1.95 bits per heavy atom. The molecule has 0 unspecified atom stereocenters. The van der Waals surface area contributed by atoms with Gasteiger partial charge in [0.15, 0.2) is 0 Å². The van der Waals surface area contributed by atoms with Crippen molar-refractivity contribution >= 4 is 50.5 Å². The summed E-state index contributed by atoms with van der Waals surface area (Å²) in [6.07, 6.45) is 0. The Morgan fingerprint density at radius 3 is 2.62 bits per heavy atom. The summed E-state index contributed by atoms with van der Waals surface area (Å²) in [6, 6.07) is 8.70. The minimum atomic E-state index is -0.387. The van der Waals surface area contributed by atoms with Gasteiger partial charge in [-0.1, -0.05) is 35.3 Å². The zero-order valence-corrected chi connectivity index (χ0v) is 14.1. The van der Waals surface area contributed by atoms with Crippen molar-refractivity contribution in [1.29, 1.82) is 0 Å². The van der Waals surface area contributed by atoms with Gasteiger partial charge in [0.1, 0.15) is 0 Å². The summed E-state index contributed by atoms with van der Waals surface area (Å²) in [5.74, 6) is 0. The zero-order chi connectivity index (χ0) is 15.6. The van der Waals surface area contributed by atoms with Crippen LogP contribution in [0.1, 0.15) is 11.1 Å². The number of benzene rings is 2. The summed E-state index contributed by atoms with van der Waals surface area (Å²) < 4.78 is 0.714. The van der Waals surface area contributed by atoms with Crippen molar-refractivity contribution in [1.82, 2.24) is 0 Å². The van der Waals surface area contributed by atoms with Gasteiger partial charge in [0, 0.05) is 22.6 Å². The number of hydrogen-bond donors (Lipinski definition) is 1. The van der Waals surface area contributed by atoms with Gasteiger partial charge in [-0.2, -0.15) is 0 Å². The monoisotopic (exact) mass is 388 g/mol. The largest absolute Gasteiger partial charge is 0.380 e. The molecule has 2 aromatic rings. The molecule has 0 radical (unpaired) electrons. The Balaban J connectivity index is 2.19. The molecule has 0 fully saturated rings. The van der Waals surface area contributed by atoms with E-state index in [-0.39, 0.29) is 10.6 Å². The second kappa shape index (κ2) is 6.64. The first-order valence-electron chi connectivity index (χ1n) is 6.01. The first kappa shape index (κ1) is 16.1. The summed E-state index contributed by atoms with van der Waals surface area (Å²) in [5.41, 5.74) is 2.21. The topological polar surface area (TPSA) is 55.2 Å². The fourth-order valence-corrected chi connectivity index (χ4v) is 2.66. The van der Waals surface area contributed by atoms with Crippen LogP contribution in [0, 0.1) is 17.0 Å². The van der Waals surface area contributed by atoms with Gasteiger partial charge in [-0.05, 0) is 40.5 Å². The molecule has 0 saturated heterocycles. The van der Waals surface area contributed by atoms with E-state index in [0.717, 1.165) is 5.56 Å². The van der Waals surface area contributed by atoms with E-state index >= 15 is 0 Å². The quantitative estimate of drug-likeness (QED) is 0.421. The molecular weight excluding hydrogens is 379 g/mol. The lowest BCUT2D eigenvalue weighted by Gasteiger charge is -2.11. The molecule has 21 heavy (non-hydrogen) atoms. The van der Waals surface area contributed by atoms with E-state index in [2.05, 4.69) is 21.2 Å². The first-order chi connectivity index (χ1) is 9.90. The second-order valence-electron chi connectivity index (χ2n) is 4.45. The molecule has 0 amide bonds. The van der Waals surface area contributed by atoms with Gasteiger partial charge in [0.05, 0.1) is 20.7 Å². The average Bonchev–Trinajstić information content (AvgIpc) is 2.45. The van der Waals surface area contributed by atoms with Gasteiger partial charge in [-0.15, -0.1) is 0 Å². The predicted octanol–water partition coefficient (Wildman–Crippen LogP) is 5.58. The Kier molecular flexibility index (Phi) is 5.08. The molecular formula is C14H11BrCl2N2O2. The zero-order valence-electron chi connectivity index (χ0n) is 11.0. The van der Waals surface area contributed by atoms with E-state index in [1.165, 1.54) is 0 Å². The lowest BCUT2D eigenvalue weighted by atomic mass is 10.1. The second-order valence-corrected chi connectivity index (χ2v) is 6.06. The Hall–Kier alpha value is -1.30. The van der Waals surface area contributed by atoms with Crippen LogP contribution in [-0.4, -0.2) is 4.92 Å². The SMILES string of the molecule is Cc1ccc(CNc2ccc(Br)c(Cl)c2Cl)cc1[N+](=O)[O-]. The van der Waals surface area contributed by atoms with Crippen molar-refractivity contribution in [2.24, 2.45) is 0 Å². The molecule has 0 bridgehead atoms. The maximum Gasteiger partial charge on any atom is 0.272 e. The molecule has 2 aromatic carbocycles. The molecule has 0 aliphatic rings. The van der Waals surface area contributed by atoms with E-state index in [1.807, 2.05) is 6.07 Å². The molecule has 7 heteroatoms. The molecule has 0 aromatic heterocycles. The van der Waals surface area contributed by atoms with Crippen molar-refractivity contribution in [3.63, 3.8) is 0 Å². The first-order valence-corrected chi connectivity index (χ1v) is 7.56. The molecule has 0 heterocycles. The smallest absolute Gasteiger partial charge is 0.272 e. The normalized spacial score (nSPS) is 10.5. The molecule has 0 aliphatic carbocycles.